The summed E-state index contributed by atoms with van der Waals surface area (Å²) < 4.78 is 19.7. The molecule has 1 saturated carbocycles. The van der Waals surface area contributed by atoms with Crippen LogP contribution < -0.4 is 10.1 Å². The van der Waals surface area contributed by atoms with Gasteiger partial charge in [0.15, 0.2) is 16.1 Å². The van der Waals surface area contributed by atoms with Crippen molar-refractivity contribution in [3.05, 3.63) is 11.0 Å². The Morgan fingerprint density at radius 1 is 1.38 bits per heavy atom. The molecule has 1 fully saturated rings. The monoisotopic (exact) mass is 372 g/mol. The summed E-state index contributed by atoms with van der Waals surface area (Å²) in [4.78, 5) is 12.6. The Bertz CT molecular complexity index is 764. The maximum atomic E-state index is 14.4. The molecule has 0 saturated heterocycles. The summed E-state index contributed by atoms with van der Waals surface area (Å²) in [5, 5.41) is 13.2. The highest BCUT2D eigenvalue weighted by Crippen LogP contribution is 2.36. The van der Waals surface area contributed by atoms with E-state index in [0.29, 0.717) is 16.4 Å². The SMILES string of the molecule is COc1nc(Cl)c(F)c2nc(SC)nc(N[C@@H]3CC[C@H](CO)C3)c12. The van der Waals surface area contributed by atoms with Crippen molar-refractivity contribution in [2.45, 2.75) is 30.5 Å². The van der Waals surface area contributed by atoms with E-state index >= 15 is 0 Å². The second-order valence-electron chi connectivity index (χ2n) is 5.71. The molecule has 0 amide bonds. The number of fused-ring (bicyclic) bond motifs is 1. The molecular weight excluding hydrogens is 355 g/mol. The van der Waals surface area contributed by atoms with Crippen LogP contribution in [0.5, 0.6) is 5.88 Å². The zero-order valence-corrected chi connectivity index (χ0v) is 14.9. The van der Waals surface area contributed by atoms with Gasteiger partial charge < -0.3 is 15.2 Å². The minimum Gasteiger partial charge on any atom is -0.480 e. The van der Waals surface area contributed by atoms with Gasteiger partial charge in [-0.05, 0) is 31.4 Å². The number of rotatable bonds is 5. The number of anilines is 1. The number of aromatic nitrogens is 3. The maximum absolute atomic E-state index is 14.4. The minimum atomic E-state index is -0.687. The topological polar surface area (TPSA) is 80.2 Å². The first-order valence-corrected chi connectivity index (χ1v) is 9.19. The standard InChI is InChI=1S/C15H18ClFN4O2S/c1-23-14-9-11(10(17)12(16)20-14)19-15(24-2)21-13(9)18-8-4-3-7(5-8)6-22/h7-8,22H,3-6H2,1-2H3,(H,18,19,21)/t7-,8+/m0/s1. The third-order valence-corrected chi connectivity index (χ3v) is 5.01. The summed E-state index contributed by atoms with van der Waals surface area (Å²) in [6.45, 7) is 0.174. The number of ether oxygens (including phenoxy) is 1. The van der Waals surface area contributed by atoms with Crippen molar-refractivity contribution in [2.75, 3.05) is 25.3 Å². The Morgan fingerprint density at radius 3 is 2.79 bits per heavy atom. The number of aliphatic hydroxyl groups excluding tert-OH is 1. The number of hydrogen-bond acceptors (Lipinski definition) is 7. The van der Waals surface area contributed by atoms with Gasteiger partial charge in [0.25, 0.3) is 0 Å². The molecule has 0 aromatic carbocycles. The highest BCUT2D eigenvalue weighted by molar-refractivity contribution is 7.98. The predicted molar refractivity (Wildman–Crippen MR) is 92.5 cm³/mol. The van der Waals surface area contributed by atoms with Crippen LogP contribution in [0.1, 0.15) is 19.3 Å². The lowest BCUT2D eigenvalue weighted by atomic mass is 10.1. The highest BCUT2D eigenvalue weighted by atomic mass is 35.5. The van der Waals surface area contributed by atoms with E-state index in [1.165, 1.54) is 18.9 Å². The normalized spacial score (nSPS) is 20.5. The Balaban J connectivity index is 2.10. The van der Waals surface area contributed by atoms with E-state index in [1.807, 2.05) is 6.26 Å². The Morgan fingerprint density at radius 2 is 2.17 bits per heavy atom. The molecule has 0 radical (unpaired) electrons. The average Bonchev–Trinajstić information content (AvgIpc) is 3.05. The fourth-order valence-electron chi connectivity index (χ4n) is 3.00. The van der Waals surface area contributed by atoms with Gasteiger partial charge in [0.1, 0.15) is 16.7 Å². The molecule has 6 nitrogen and oxygen atoms in total. The lowest BCUT2D eigenvalue weighted by molar-refractivity contribution is 0.229. The predicted octanol–water partition coefficient (Wildman–Crippen LogP) is 3.12. The van der Waals surface area contributed by atoms with Crippen molar-refractivity contribution >= 4 is 40.1 Å². The molecule has 0 spiro atoms. The molecule has 0 bridgehead atoms. The summed E-state index contributed by atoms with van der Waals surface area (Å²) in [6, 6.07) is 0.151. The largest absolute Gasteiger partial charge is 0.480 e. The maximum Gasteiger partial charge on any atom is 0.228 e. The van der Waals surface area contributed by atoms with Crippen molar-refractivity contribution in [2.24, 2.45) is 5.92 Å². The van der Waals surface area contributed by atoms with Crippen molar-refractivity contribution in [1.29, 1.82) is 0 Å². The Hall–Kier alpha value is -1.38. The van der Waals surface area contributed by atoms with E-state index < -0.39 is 5.82 Å². The molecule has 2 atom stereocenters. The van der Waals surface area contributed by atoms with Crippen LogP contribution in [0, 0.1) is 11.7 Å². The number of pyridine rings is 1. The van der Waals surface area contributed by atoms with Gasteiger partial charge in [0, 0.05) is 12.6 Å². The quantitative estimate of drug-likeness (QED) is 0.474. The zero-order chi connectivity index (χ0) is 17.3. The smallest absolute Gasteiger partial charge is 0.228 e. The lowest BCUT2D eigenvalue weighted by Gasteiger charge is -2.17. The first kappa shape index (κ1) is 17.4. The van der Waals surface area contributed by atoms with Crippen LogP contribution >= 0.6 is 23.4 Å². The van der Waals surface area contributed by atoms with E-state index in [9.17, 15) is 9.50 Å². The first-order valence-electron chi connectivity index (χ1n) is 7.59. The number of halogens is 2. The molecule has 3 rings (SSSR count). The van der Waals surface area contributed by atoms with Gasteiger partial charge in [0.2, 0.25) is 5.88 Å². The average molecular weight is 373 g/mol. The second kappa shape index (κ2) is 7.25. The van der Waals surface area contributed by atoms with Crippen LogP contribution in [0.4, 0.5) is 10.2 Å². The molecule has 2 N–H and O–H groups in total. The van der Waals surface area contributed by atoms with Crippen molar-refractivity contribution in [3.8, 4) is 5.88 Å². The van der Waals surface area contributed by atoms with Crippen molar-refractivity contribution in [3.63, 3.8) is 0 Å². The summed E-state index contributed by atoms with van der Waals surface area (Å²) in [5.74, 6) is 0.255. The molecule has 2 aromatic rings. The van der Waals surface area contributed by atoms with Gasteiger partial charge in [-0.1, -0.05) is 23.4 Å². The number of nitrogens with zero attached hydrogens (tertiary/aromatic N) is 3. The molecule has 1 aliphatic carbocycles. The molecule has 0 aliphatic heterocycles. The molecule has 2 aromatic heterocycles. The molecule has 24 heavy (non-hydrogen) atoms. The van der Waals surface area contributed by atoms with Crippen LogP contribution in [-0.4, -0.2) is 46.1 Å². The third kappa shape index (κ3) is 3.22. The van der Waals surface area contributed by atoms with Gasteiger partial charge in [0.05, 0.1) is 7.11 Å². The Kier molecular flexibility index (Phi) is 5.27. The summed E-state index contributed by atoms with van der Waals surface area (Å²) >= 11 is 7.16. The number of methoxy groups -OCH3 is 1. The molecule has 1 aliphatic rings. The second-order valence-corrected chi connectivity index (χ2v) is 6.84. The van der Waals surface area contributed by atoms with Gasteiger partial charge in [-0.3, -0.25) is 0 Å². The van der Waals surface area contributed by atoms with Crippen molar-refractivity contribution < 1.29 is 14.2 Å². The van der Waals surface area contributed by atoms with Crippen molar-refractivity contribution in [1.82, 2.24) is 15.0 Å². The number of hydrogen-bond donors (Lipinski definition) is 2. The number of nitrogens with one attached hydrogen (secondary N) is 1. The lowest BCUT2D eigenvalue weighted by Crippen LogP contribution is -2.18. The van der Waals surface area contributed by atoms with Crippen LogP contribution in [0.25, 0.3) is 10.9 Å². The molecule has 0 unspecified atom stereocenters. The van der Waals surface area contributed by atoms with Gasteiger partial charge in [-0.25, -0.2) is 14.4 Å². The van der Waals surface area contributed by atoms with Crippen LogP contribution in [0.3, 0.4) is 0 Å². The first-order chi connectivity index (χ1) is 11.6. The van der Waals surface area contributed by atoms with E-state index in [2.05, 4.69) is 20.3 Å². The number of thioether (sulfide) groups is 1. The minimum absolute atomic E-state index is 0.0883. The highest BCUT2D eigenvalue weighted by Gasteiger charge is 2.27. The third-order valence-electron chi connectivity index (χ3n) is 4.21. The summed E-state index contributed by atoms with van der Waals surface area (Å²) in [5.41, 5.74) is 0.0883. The molecule has 9 heteroatoms. The van der Waals surface area contributed by atoms with Gasteiger partial charge >= 0.3 is 0 Å². The van der Waals surface area contributed by atoms with Crippen LogP contribution in [0.2, 0.25) is 5.15 Å². The fourth-order valence-corrected chi connectivity index (χ4v) is 3.53. The molecule has 2 heterocycles. The van der Waals surface area contributed by atoms with E-state index in [0.717, 1.165) is 19.3 Å². The van der Waals surface area contributed by atoms with E-state index in [4.69, 9.17) is 16.3 Å². The van der Waals surface area contributed by atoms with E-state index in [1.54, 1.807) is 0 Å². The molecule has 130 valence electrons. The van der Waals surface area contributed by atoms with Gasteiger partial charge in [-0.2, -0.15) is 4.98 Å². The van der Waals surface area contributed by atoms with Crippen LogP contribution in [-0.2, 0) is 0 Å². The zero-order valence-electron chi connectivity index (χ0n) is 13.3. The summed E-state index contributed by atoms with van der Waals surface area (Å²) in [7, 11) is 1.44. The Labute approximate surface area is 148 Å². The number of aliphatic hydroxyl groups is 1. The van der Waals surface area contributed by atoms with E-state index in [-0.39, 0.29) is 35.1 Å². The molecular formula is C15H18ClFN4O2S. The van der Waals surface area contributed by atoms with Crippen LogP contribution in [0.15, 0.2) is 5.16 Å². The summed E-state index contributed by atoms with van der Waals surface area (Å²) in [6.07, 6.45) is 4.52. The van der Waals surface area contributed by atoms with Gasteiger partial charge in [-0.15, -0.1) is 0 Å². The fraction of sp³-hybridized carbons (Fsp3) is 0.533.